The second kappa shape index (κ2) is 6.41. The van der Waals surface area contributed by atoms with Crippen molar-refractivity contribution >= 4 is 17.5 Å². The van der Waals surface area contributed by atoms with E-state index in [-0.39, 0.29) is 17.9 Å². The SMILES string of the molecule is CC(C)Oc1ccc(NC(=O)[C@H]2CCCNC2=O)cc1. The summed E-state index contributed by atoms with van der Waals surface area (Å²) in [5.74, 6) is -0.267. The smallest absolute Gasteiger partial charge is 0.236 e. The van der Waals surface area contributed by atoms with E-state index in [1.54, 1.807) is 24.3 Å². The van der Waals surface area contributed by atoms with E-state index in [9.17, 15) is 9.59 Å². The number of nitrogens with one attached hydrogen (secondary N) is 2. The van der Waals surface area contributed by atoms with Gasteiger partial charge in [0.25, 0.3) is 0 Å². The minimum atomic E-state index is -0.588. The van der Waals surface area contributed by atoms with Gasteiger partial charge in [-0.3, -0.25) is 9.59 Å². The second-order valence-corrected chi connectivity index (χ2v) is 5.17. The molecular formula is C15H20N2O3. The van der Waals surface area contributed by atoms with Crippen LogP contribution in [0.4, 0.5) is 5.69 Å². The van der Waals surface area contributed by atoms with Gasteiger partial charge in [-0.05, 0) is 51.0 Å². The first-order chi connectivity index (χ1) is 9.56. The molecule has 1 aliphatic rings. The van der Waals surface area contributed by atoms with Crippen LogP contribution >= 0.6 is 0 Å². The topological polar surface area (TPSA) is 67.4 Å². The van der Waals surface area contributed by atoms with Crippen LogP contribution in [-0.4, -0.2) is 24.5 Å². The van der Waals surface area contributed by atoms with Crippen molar-refractivity contribution in [1.82, 2.24) is 5.32 Å². The standard InChI is InChI=1S/C15H20N2O3/c1-10(2)20-12-7-5-11(6-8-12)17-15(19)13-4-3-9-16-14(13)18/h5-8,10,13H,3-4,9H2,1-2H3,(H,16,18)(H,17,19)/t13-/m0/s1. The van der Waals surface area contributed by atoms with Gasteiger partial charge in [0, 0.05) is 12.2 Å². The second-order valence-electron chi connectivity index (χ2n) is 5.17. The highest BCUT2D eigenvalue weighted by Crippen LogP contribution is 2.19. The molecule has 2 N–H and O–H groups in total. The fraction of sp³-hybridized carbons (Fsp3) is 0.467. The average molecular weight is 276 g/mol. The minimum absolute atomic E-state index is 0.112. The van der Waals surface area contributed by atoms with Gasteiger partial charge in [-0.25, -0.2) is 0 Å². The lowest BCUT2D eigenvalue weighted by Crippen LogP contribution is -2.42. The highest BCUT2D eigenvalue weighted by molar-refractivity contribution is 6.06. The third kappa shape index (κ3) is 3.73. The molecule has 0 aliphatic carbocycles. The van der Waals surface area contributed by atoms with E-state index in [2.05, 4.69) is 10.6 Å². The van der Waals surface area contributed by atoms with Crippen molar-refractivity contribution in [2.24, 2.45) is 5.92 Å². The molecule has 0 spiro atoms. The zero-order valence-corrected chi connectivity index (χ0v) is 11.8. The number of hydrogen-bond acceptors (Lipinski definition) is 3. The molecule has 5 heteroatoms. The van der Waals surface area contributed by atoms with E-state index in [0.717, 1.165) is 12.2 Å². The zero-order valence-electron chi connectivity index (χ0n) is 11.8. The Morgan fingerprint density at radius 2 is 2.05 bits per heavy atom. The number of amides is 2. The molecule has 1 aliphatic heterocycles. The molecule has 1 fully saturated rings. The Labute approximate surface area is 118 Å². The number of ether oxygens (including phenoxy) is 1. The quantitative estimate of drug-likeness (QED) is 0.826. The fourth-order valence-electron chi connectivity index (χ4n) is 2.14. The molecule has 5 nitrogen and oxygen atoms in total. The first-order valence-electron chi connectivity index (χ1n) is 6.91. The van der Waals surface area contributed by atoms with Crippen LogP contribution in [0, 0.1) is 5.92 Å². The molecule has 2 rings (SSSR count). The number of anilines is 1. The Hall–Kier alpha value is -2.04. The van der Waals surface area contributed by atoms with Crippen LogP contribution in [0.1, 0.15) is 26.7 Å². The van der Waals surface area contributed by atoms with Gasteiger partial charge in [0.2, 0.25) is 11.8 Å². The maximum atomic E-state index is 12.0. The molecule has 1 heterocycles. The molecule has 0 saturated carbocycles. The van der Waals surface area contributed by atoms with Gasteiger partial charge < -0.3 is 15.4 Å². The predicted molar refractivity (Wildman–Crippen MR) is 76.6 cm³/mol. The van der Waals surface area contributed by atoms with E-state index in [0.29, 0.717) is 18.7 Å². The maximum Gasteiger partial charge on any atom is 0.236 e. The number of rotatable bonds is 4. The van der Waals surface area contributed by atoms with E-state index >= 15 is 0 Å². The largest absolute Gasteiger partial charge is 0.491 e. The lowest BCUT2D eigenvalue weighted by atomic mass is 9.98. The Morgan fingerprint density at radius 1 is 1.35 bits per heavy atom. The molecule has 0 unspecified atom stereocenters. The van der Waals surface area contributed by atoms with Crippen molar-refractivity contribution in [2.75, 3.05) is 11.9 Å². The molecule has 1 atom stereocenters. The van der Waals surface area contributed by atoms with E-state index < -0.39 is 5.92 Å². The van der Waals surface area contributed by atoms with Gasteiger partial charge in [-0.15, -0.1) is 0 Å². The Bertz CT molecular complexity index is 482. The van der Waals surface area contributed by atoms with Crippen LogP contribution in [-0.2, 0) is 9.59 Å². The van der Waals surface area contributed by atoms with Crippen LogP contribution < -0.4 is 15.4 Å². The summed E-state index contributed by atoms with van der Waals surface area (Å²) in [6.07, 6.45) is 1.55. The lowest BCUT2D eigenvalue weighted by Gasteiger charge is -2.21. The molecular weight excluding hydrogens is 256 g/mol. The molecule has 2 amide bonds. The number of benzene rings is 1. The highest BCUT2D eigenvalue weighted by Gasteiger charge is 2.28. The zero-order chi connectivity index (χ0) is 14.5. The van der Waals surface area contributed by atoms with Crippen LogP contribution in [0.25, 0.3) is 0 Å². The third-order valence-electron chi connectivity index (χ3n) is 3.10. The van der Waals surface area contributed by atoms with Crippen molar-refractivity contribution in [2.45, 2.75) is 32.8 Å². The first kappa shape index (κ1) is 14.4. The number of carbonyl (C=O) groups is 2. The normalized spacial score (nSPS) is 18.6. The lowest BCUT2D eigenvalue weighted by molar-refractivity contribution is -0.134. The summed E-state index contributed by atoms with van der Waals surface area (Å²) in [6, 6.07) is 7.15. The van der Waals surface area contributed by atoms with Gasteiger partial charge in [-0.2, -0.15) is 0 Å². The van der Waals surface area contributed by atoms with E-state index in [4.69, 9.17) is 4.74 Å². The summed E-state index contributed by atoms with van der Waals surface area (Å²) in [5, 5.41) is 5.48. The molecule has 1 saturated heterocycles. The van der Waals surface area contributed by atoms with Crippen molar-refractivity contribution in [3.8, 4) is 5.75 Å². The van der Waals surface area contributed by atoms with Crippen molar-refractivity contribution in [3.05, 3.63) is 24.3 Å². The Kier molecular flexibility index (Phi) is 4.61. The minimum Gasteiger partial charge on any atom is -0.491 e. The highest BCUT2D eigenvalue weighted by atomic mass is 16.5. The summed E-state index contributed by atoms with van der Waals surface area (Å²) in [5.41, 5.74) is 0.671. The fourth-order valence-corrected chi connectivity index (χ4v) is 2.14. The van der Waals surface area contributed by atoms with Crippen LogP contribution in [0.3, 0.4) is 0 Å². The first-order valence-corrected chi connectivity index (χ1v) is 6.91. The van der Waals surface area contributed by atoms with E-state index in [1.165, 1.54) is 0 Å². The summed E-state index contributed by atoms with van der Waals surface area (Å²) in [7, 11) is 0. The van der Waals surface area contributed by atoms with E-state index in [1.807, 2.05) is 13.8 Å². The predicted octanol–water partition coefficient (Wildman–Crippen LogP) is 1.94. The van der Waals surface area contributed by atoms with Crippen molar-refractivity contribution in [3.63, 3.8) is 0 Å². The molecule has 1 aromatic carbocycles. The summed E-state index contributed by atoms with van der Waals surface area (Å²) in [4.78, 5) is 23.6. The van der Waals surface area contributed by atoms with Crippen LogP contribution in [0.5, 0.6) is 5.75 Å². The molecule has 0 bridgehead atoms. The maximum absolute atomic E-state index is 12.0. The monoisotopic (exact) mass is 276 g/mol. The molecule has 20 heavy (non-hydrogen) atoms. The van der Waals surface area contributed by atoms with Crippen molar-refractivity contribution < 1.29 is 14.3 Å². The third-order valence-corrected chi connectivity index (χ3v) is 3.10. The molecule has 108 valence electrons. The van der Waals surface area contributed by atoms with Gasteiger partial charge in [-0.1, -0.05) is 0 Å². The average Bonchev–Trinajstić information content (AvgIpc) is 2.41. The number of carbonyl (C=O) groups excluding carboxylic acids is 2. The van der Waals surface area contributed by atoms with Crippen LogP contribution in [0.15, 0.2) is 24.3 Å². The van der Waals surface area contributed by atoms with Gasteiger partial charge in [0.15, 0.2) is 0 Å². The summed E-state index contributed by atoms with van der Waals surface area (Å²) >= 11 is 0. The molecule has 0 aromatic heterocycles. The Morgan fingerprint density at radius 3 is 2.65 bits per heavy atom. The van der Waals surface area contributed by atoms with Crippen LogP contribution in [0.2, 0.25) is 0 Å². The number of piperidine rings is 1. The molecule has 0 radical (unpaired) electrons. The number of hydrogen-bond donors (Lipinski definition) is 2. The van der Waals surface area contributed by atoms with Gasteiger partial charge >= 0.3 is 0 Å². The summed E-state index contributed by atoms with van der Waals surface area (Å²) in [6.45, 7) is 4.57. The summed E-state index contributed by atoms with van der Waals surface area (Å²) < 4.78 is 5.53. The molecule has 1 aromatic rings. The van der Waals surface area contributed by atoms with Gasteiger partial charge in [0.05, 0.1) is 6.10 Å². The van der Waals surface area contributed by atoms with Gasteiger partial charge in [0.1, 0.15) is 11.7 Å². The Balaban J connectivity index is 1.95. The van der Waals surface area contributed by atoms with Crippen molar-refractivity contribution in [1.29, 1.82) is 0 Å².